The minimum absolute atomic E-state index is 0.0369. The number of nitrogens with zero attached hydrogens (tertiary/aromatic N) is 2. The van der Waals surface area contributed by atoms with Gasteiger partial charge in [0.25, 0.3) is 5.56 Å². The van der Waals surface area contributed by atoms with E-state index >= 15 is 0 Å². The van der Waals surface area contributed by atoms with E-state index in [1.165, 1.54) is 27.2 Å². The Balaban J connectivity index is 1.60. The fourth-order valence-electron chi connectivity index (χ4n) is 3.61. The van der Waals surface area contributed by atoms with Gasteiger partial charge in [0.15, 0.2) is 5.78 Å². The molecule has 1 aromatic heterocycles. The Kier molecular flexibility index (Phi) is 5.65. The van der Waals surface area contributed by atoms with Crippen LogP contribution in [-0.4, -0.2) is 36.2 Å². The molecule has 154 valence electrons. The summed E-state index contributed by atoms with van der Waals surface area (Å²) < 4.78 is 28.1. The van der Waals surface area contributed by atoms with E-state index < -0.39 is 15.6 Å². The smallest absolute Gasteiger partial charge is 0.251 e. The van der Waals surface area contributed by atoms with Crippen molar-refractivity contribution in [3.8, 4) is 11.1 Å². The maximum Gasteiger partial charge on any atom is 0.251 e. The van der Waals surface area contributed by atoms with Crippen molar-refractivity contribution in [2.75, 3.05) is 13.1 Å². The molecule has 0 bridgehead atoms. The van der Waals surface area contributed by atoms with E-state index in [1.807, 2.05) is 36.4 Å². The number of hydrogen-bond donors (Lipinski definition) is 0. The number of benzene rings is 2. The van der Waals surface area contributed by atoms with E-state index in [4.69, 9.17) is 0 Å². The summed E-state index contributed by atoms with van der Waals surface area (Å²) in [6.07, 6.45) is 2.93. The number of sulfonamides is 1. The van der Waals surface area contributed by atoms with E-state index in [2.05, 4.69) is 0 Å². The van der Waals surface area contributed by atoms with Crippen molar-refractivity contribution in [3.63, 3.8) is 0 Å². The molecule has 1 fully saturated rings. The highest BCUT2D eigenvalue weighted by molar-refractivity contribution is 7.89. The number of pyridine rings is 1. The minimum atomic E-state index is -3.66. The van der Waals surface area contributed by atoms with Gasteiger partial charge in [-0.15, -0.1) is 0 Å². The van der Waals surface area contributed by atoms with Crippen LogP contribution in [0.4, 0.5) is 0 Å². The Hall–Kier alpha value is -3.03. The normalized spacial score (nSPS) is 14.7. The molecule has 4 rings (SSSR count). The van der Waals surface area contributed by atoms with Gasteiger partial charge in [-0.05, 0) is 36.1 Å². The van der Waals surface area contributed by atoms with Crippen LogP contribution in [0.1, 0.15) is 23.2 Å². The van der Waals surface area contributed by atoms with Gasteiger partial charge in [0.05, 0.1) is 11.4 Å². The number of aromatic nitrogens is 1. The molecule has 0 aliphatic carbocycles. The molecule has 1 saturated heterocycles. The molecule has 6 nitrogen and oxygen atoms in total. The molecule has 2 heterocycles. The van der Waals surface area contributed by atoms with Crippen molar-refractivity contribution >= 4 is 15.8 Å². The van der Waals surface area contributed by atoms with Crippen LogP contribution in [0.25, 0.3) is 11.1 Å². The molecule has 0 radical (unpaired) electrons. The van der Waals surface area contributed by atoms with Gasteiger partial charge in [0.1, 0.15) is 0 Å². The SMILES string of the molecule is O=C(Cn1cc(S(=O)(=O)N2CCCC2)ccc1=O)c1cccc(-c2ccccc2)c1. The lowest BCUT2D eigenvalue weighted by Gasteiger charge is -2.16. The first-order valence-corrected chi connectivity index (χ1v) is 11.3. The van der Waals surface area contributed by atoms with Gasteiger partial charge < -0.3 is 4.57 Å². The first kappa shape index (κ1) is 20.3. The van der Waals surface area contributed by atoms with E-state index in [1.54, 1.807) is 18.2 Å². The second-order valence-electron chi connectivity index (χ2n) is 7.31. The summed E-state index contributed by atoms with van der Waals surface area (Å²) in [4.78, 5) is 25.2. The van der Waals surface area contributed by atoms with E-state index in [0.29, 0.717) is 18.7 Å². The zero-order valence-electron chi connectivity index (χ0n) is 16.4. The summed E-state index contributed by atoms with van der Waals surface area (Å²) >= 11 is 0. The van der Waals surface area contributed by atoms with Crippen LogP contribution >= 0.6 is 0 Å². The van der Waals surface area contributed by atoms with Crippen LogP contribution in [0.3, 0.4) is 0 Å². The Morgan fingerprint density at radius 3 is 2.30 bits per heavy atom. The second kappa shape index (κ2) is 8.38. The van der Waals surface area contributed by atoms with Crippen molar-refractivity contribution in [2.24, 2.45) is 0 Å². The monoisotopic (exact) mass is 422 g/mol. The van der Waals surface area contributed by atoms with Crippen LogP contribution in [0, 0.1) is 0 Å². The summed E-state index contributed by atoms with van der Waals surface area (Å²) in [5.74, 6) is -0.259. The first-order valence-electron chi connectivity index (χ1n) is 9.84. The maximum atomic E-state index is 12.8. The van der Waals surface area contributed by atoms with Gasteiger partial charge in [-0.25, -0.2) is 8.42 Å². The topological polar surface area (TPSA) is 76.5 Å². The average molecular weight is 423 g/mol. The largest absolute Gasteiger partial charge is 0.306 e. The summed E-state index contributed by atoms with van der Waals surface area (Å²) in [6.45, 7) is 0.736. The molecule has 7 heteroatoms. The molecule has 0 atom stereocenters. The third-order valence-electron chi connectivity index (χ3n) is 5.26. The van der Waals surface area contributed by atoms with Gasteiger partial charge in [-0.2, -0.15) is 4.31 Å². The molecule has 0 unspecified atom stereocenters. The van der Waals surface area contributed by atoms with Gasteiger partial charge >= 0.3 is 0 Å². The van der Waals surface area contributed by atoms with E-state index in [-0.39, 0.29) is 17.2 Å². The molecule has 1 aliphatic heterocycles. The van der Waals surface area contributed by atoms with Crippen molar-refractivity contribution in [1.29, 1.82) is 0 Å². The summed E-state index contributed by atoms with van der Waals surface area (Å²) in [5, 5.41) is 0. The Morgan fingerprint density at radius 2 is 1.57 bits per heavy atom. The quantitative estimate of drug-likeness (QED) is 0.572. The molecule has 2 aromatic carbocycles. The number of Topliss-reactive ketones (excluding diaryl/α,β-unsaturated/α-hetero) is 1. The zero-order valence-corrected chi connectivity index (χ0v) is 17.2. The van der Waals surface area contributed by atoms with Gasteiger partial charge in [-0.1, -0.05) is 48.5 Å². The fourth-order valence-corrected chi connectivity index (χ4v) is 5.15. The van der Waals surface area contributed by atoms with Crippen LogP contribution in [-0.2, 0) is 16.6 Å². The molecule has 0 spiro atoms. The predicted molar refractivity (Wildman–Crippen MR) is 115 cm³/mol. The molecule has 30 heavy (non-hydrogen) atoms. The molecule has 0 N–H and O–H groups in total. The highest BCUT2D eigenvalue weighted by Gasteiger charge is 2.27. The molecular weight excluding hydrogens is 400 g/mol. The second-order valence-corrected chi connectivity index (χ2v) is 9.25. The summed E-state index contributed by atoms with van der Waals surface area (Å²) in [5.41, 5.74) is 1.95. The maximum absolute atomic E-state index is 12.8. The number of hydrogen-bond acceptors (Lipinski definition) is 4. The van der Waals surface area contributed by atoms with Crippen LogP contribution < -0.4 is 5.56 Å². The lowest BCUT2D eigenvalue weighted by atomic mass is 10.0. The highest BCUT2D eigenvalue weighted by Crippen LogP contribution is 2.21. The van der Waals surface area contributed by atoms with Crippen LogP contribution in [0.2, 0.25) is 0 Å². The standard InChI is InChI=1S/C23H22N2O4S/c26-22(20-10-6-9-19(15-20)18-7-2-1-3-8-18)17-24-16-21(11-12-23(24)27)30(28,29)25-13-4-5-14-25/h1-3,6-12,15-16H,4-5,13-14,17H2. The highest BCUT2D eigenvalue weighted by atomic mass is 32.2. The number of carbonyl (C=O) groups excluding carboxylic acids is 1. The fraction of sp³-hybridized carbons (Fsp3) is 0.217. The van der Waals surface area contributed by atoms with Gasteiger partial charge in [-0.3, -0.25) is 9.59 Å². The Bertz CT molecular complexity index is 1230. The number of rotatable bonds is 6. The zero-order chi connectivity index (χ0) is 21.1. The lowest BCUT2D eigenvalue weighted by Crippen LogP contribution is -2.30. The van der Waals surface area contributed by atoms with Gasteiger partial charge in [0, 0.05) is 30.9 Å². The molecular formula is C23H22N2O4S. The third-order valence-corrected chi connectivity index (χ3v) is 7.15. The first-order chi connectivity index (χ1) is 14.4. The molecule has 1 aliphatic rings. The van der Waals surface area contributed by atoms with Crippen molar-refractivity contribution < 1.29 is 13.2 Å². The number of ketones is 1. The van der Waals surface area contributed by atoms with Crippen LogP contribution in [0.5, 0.6) is 0 Å². The summed E-state index contributed by atoms with van der Waals surface area (Å²) in [6, 6.07) is 19.4. The van der Waals surface area contributed by atoms with E-state index in [9.17, 15) is 18.0 Å². The molecule has 0 saturated carbocycles. The molecule has 0 amide bonds. The average Bonchev–Trinajstić information content (AvgIpc) is 3.32. The van der Waals surface area contributed by atoms with Crippen molar-refractivity contribution in [1.82, 2.24) is 8.87 Å². The van der Waals surface area contributed by atoms with Gasteiger partial charge in [0.2, 0.25) is 10.0 Å². The molecule has 3 aromatic rings. The third kappa shape index (κ3) is 4.13. The Labute approximate surface area is 175 Å². The summed E-state index contributed by atoms with van der Waals surface area (Å²) in [7, 11) is -3.66. The minimum Gasteiger partial charge on any atom is -0.306 e. The van der Waals surface area contributed by atoms with E-state index in [0.717, 1.165) is 24.0 Å². The van der Waals surface area contributed by atoms with Crippen LogP contribution in [0.15, 0.2) is 82.6 Å². The predicted octanol–water partition coefficient (Wildman–Crippen LogP) is 3.18. The van der Waals surface area contributed by atoms with Crippen molar-refractivity contribution in [3.05, 3.63) is 88.8 Å². The lowest BCUT2D eigenvalue weighted by molar-refractivity contribution is 0.0970. The van der Waals surface area contributed by atoms with Crippen molar-refractivity contribution in [2.45, 2.75) is 24.3 Å². The number of carbonyl (C=O) groups is 1. The Morgan fingerprint density at radius 1 is 0.867 bits per heavy atom.